The number of β-lactam (4-membered cyclic amide) rings is 1. The minimum absolute atomic E-state index is 0.120. The van der Waals surface area contributed by atoms with Crippen LogP contribution in [0.4, 0.5) is 5.69 Å². The molecule has 2 unspecified atom stereocenters. The molecule has 0 bridgehead atoms. The van der Waals surface area contributed by atoms with E-state index in [2.05, 4.69) is 5.32 Å². The molecular formula is C16H15N3O7. The Morgan fingerprint density at radius 1 is 1.27 bits per heavy atom. The Hall–Kier alpha value is -3.43. The lowest BCUT2D eigenvalue weighted by Crippen LogP contribution is -2.61. The Kier molecular flexibility index (Phi) is 5.55. The summed E-state index contributed by atoms with van der Waals surface area (Å²) in [5, 5.41) is 20.5. The number of nitro benzene ring substituents is 1. The smallest absolute Gasteiger partial charge is 0.360 e. The first-order valence-electron chi connectivity index (χ1n) is 7.53. The highest BCUT2D eigenvalue weighted by molar-refractivity contribution is 6.63. The molecule has 0 aromatic heterocycles. The minimum Gasteiger partial charge on any atom is -0.456 e. The number of nitrogens with zero attached hydrogens (tertiary/aromatic N) is 1. The van der Waals surface area contributed by atoms with Crippen molar-refractivity contribution < 1.29 is 28.8 Å². The zero-order valence-corrected chi connectivity index (χ0v) is 13.7. The van der Waals surface area contributed by atoms with E-state index in [1.165, 1.54) is 31.2 Å². The van der Waals surface area contributed by atoms with E-state index in [1.807, 2.05) is 0 Å². The first-order chi connectivity index (χ1) is 12.2. The van der Waals surface area contributed by atoms with E-state index < -0.39 is 40.3 Å². The number of nitro groups is 1. The van der Waals surface area contributed by atoms with Gasteiger partial charge in [-0.15, -0.1) is 0 Å². The zero-order valence-electron chi connectivity index (χ0n) is 13.7. The van der Waals surface area contributed by atoms with Crippen molar-refractivity contribution in [3.63, 3.8) is 0 Å². The average Bonchev–Trinajstić information content (AvgIpc) is 2.57. The summed E-state index contributed by atoms with van der Waals surface area (Å²) in [7, 11) is 0. The first-order valence-corrected chi connectivity index (χ1v) is 7.53. The number of non-ortho nitro benzene ring substituents is 1. The number of hydrogen-bond donors (Lipinski definition) is 2. The van der Waals surface area contributed by atoms with Gasteiger partial charge >= 0.3 is 5.97 Å². The van der Waals surface area contributed by atoms with Crippen LogP contribution in [-0.4, -0.2) is 40.1 Å². The molecule has 0 aliphatic carbocycles. The van der Waals surface area contributed by atoms with E-state index in [4.69, 9.17) is 10.1 Å². The highest BCUT2D eigenvalue weighted by Crippen LogP contribution is 2.19. The van der Waals surface area contributed by atoms with E-state index in [9.17, 15) is 29.3 Å². The fourth-order valence-corrected chi connectivity index (χ4v) is 2.43. The van der Waals surface area contributed by atoms with Crippen LogP contribution in [0.5, 0.6) is 0 Å². The van der Waals surface area contributed by atoms with Gasteiger partial charge in [-0.3, -0.25) is 29.9 Å². The molecular weight excluding hydrogens is 346 g/mol. The summed E-state index contributed by atoms with van der Waals surface area (Å²) in [5.74, 6) is -3.82. The van der Waals surface area contributed by atoms with Gasteiger partial charge in [-0.25, -0.2) is 4.79 Å². The third kappa shape index (κ3) is 4.15. The van der Waals surface area contributed by atoms with Gasteiger partial charge in [-0.1, -0.05) is 0 Å². The van der Waals surface area contributed by atoms with E-state index in [-0.39, 0.29) is 24.5 Å². The Labute approximate surface area is 147 Å². The van der Waals surface area contributed by atoms with Gasteiger partial charge in [-0.05, 0) is 24.6 Å². The maximum absolute atomic E-state index is 11.9. The molecule has 136 valence electrons. The number of amides is 1. The number of ether oxygens (including phenoxy) is 1. The van der Waals surface area contributed by atoms with Crippen molar-refractivity contribution >= 4 is 34.8 Å². The van der Waals surface area contributed by atoms with Crippen LogP contribution in [0, 0.1) is 21.4 Å². The fraction of sp³-hybridized carbons (Fsp3) is 0.312. The lowest BCUT2D eigenvalue weighted by Gasteiger charge is -2.34. The van der Waals surface area contributed by atoms with Crippen molar-refractivity contribution in [2.45, 2.75) is 26.0 Å². The molecule has 0 radical (unpaired) electrons. The number of nitrogens with one attached hydrogen (secondary N) is 2. The Morgan fingerprint density at radius 3 is 2.38 bits per heavy atom. The van der Waals surface area contributed by atoms with Crippen molar-refractivity contribution in [2.24, 2.45) is 5.92 Å². The molecule has 1 heterocycles. The topological polar surface area (TPSA) is 157 Å². The zero-order chi connectivity index (χ0) is 19.4. The largest absolute Gasteiger partial charge is 0.456 e. The molecule has 0 spiro atoms. The molecule has 2 rings (SSSR count). The molecule has 10 heteroatoms. The summed E-state index contributed by atoms with van der Waals surface area (Å²) >= 11 is 0. The van der Waals surface area contributed by atoms with Crippen molar-refractivity contribution in [2.75, 3.05) is 0 Å². The summed E-state index contributed by atoms with van der Waals surface area (Å²) in [5.41, 5.74) is -0.562. The number of carbonyl (C=O) groups is 4. The third-order valence-corrected chi connectivity index (χ3v) is 3.86. The second kappa shape index (κ2) is 7.64. The lowest BCUT2D eigenvalue weighted by molar-refractivity contribution is -0.384. The van der Waals surface area contributed by atoms with Crippen molar-refractivity contribution in [3.8, 4) is 0 Å². The van der Waals surface area contributed by atoms with Crippen LogP contribution in [0.25, 0.3) is 0 Å². The van der Waals surface area contributed by atoms with Crippen LogP contribution in [0.2, 0.25) is 0 Å². The molecule has 1 amide bonds. The highest BCUT2D eigenvalue weighted by atomic mass is 16.6. The number of esters is 1. The highest BCUT2D eigenvalue weighted by Gasteiger charge is 2.44. The van der Waals surface area contributed by atoms with E-state index in [0.29, 0.717) is 5.56 Å². The summed E-state index contributed by atoms with van der Waals surface area (Å²) < 4.78 is 4.83. The second-order valence-corrected chi connectivity index (χ2v) is 5.71. The Morgan fingerprint density at radius 2 is 1.88 bits per heavy atom. The van der Waals surface area contributed by atoms with E-state index >= 15 is 0 Å². The molecule has 2 N–H and O–H groups in total. The van der Waals surface area contributed by atoms with Crippen molar-refractivity contribution in [1.29, 1.82) is 5.41 Å². The maximum atomic E-state index is 11.9. The Balaban J connectivity index is 1.86. The van der Waals surface area contributed by atoms with Gasteiger partial charge in [0.2, 0.25) is 5.91 Å². The first kappa shape index (κ1) is 18.9. The molecule has 0 saturated carbocycles. The van der Waals surface area contributed by atoms with Crippen LogP contribution in [0.15, 0.2) is 24.3 Å². The number of hydrogen-bond acceptors (Lipinski definition) is 8. The SMILES string of the molecule is CC(=O)C1C(=O)NC1CC(=O)C(=N)C(=O)OCc1ccc([N+](=O)[O-])cc1. The van der Waals surface area contributed by atoms with E-state index in [1.54, 1.807) is 0 Å². The third-order valence-electron chi connectivity index (χ3n) is 3.86. The molecule has 1 aliphatic rings. The summed E-state index contributed by atoms with van der Waals surface area (Å²) in [6, 6.07) is 4.52. The second-order valence-electron chi connectivity index (χ2n) is 5.71. The number of rotatable bonds is 8. The minimum atomic E-state index is -1.15. The van der Waals surface area contributed by atoms with Gasteiger partial charge < -0.3 is 10.1 Å². The van der Waals surface area contributed by atoms with Crippen molar-refractivity contribution in [1.82, 2.24) is 5.32 Å². The fourth-order valence-electron chi connectivity index (χ4n) is 2.43. The predicted octanol–water partition coefficient (Wildman–Crippen LogP) is 0.321. The predicted molar refractivity (Wildman–Crippen MR) is 86.3 cm³/mol. The van der Waals surface area contributed by atoms with Gasteiger partial charge in [0.25, 0.3) is 5.69 Å². The Bertz CT molecular complexity index is 793. The molecule has 1 saturated heterocycles. The monoisotopic (exact) mass is 361 g/mol. The molecule has 1 aromatic rings. The van der Waals surface area contributed by atoms with Gasteiger partial charge in [0, 0.05) is 18.6 Å². The normalized spacial score (nSPS) is 18.3. The maximum Gasteiger partial charge on any atom is 0.360 e. The number of carbonyl (C=O) groups excluding carboxylic acids is 4. The standard InChI is InChI=1S/C16H15N3O7/c1-8(20)13-11(18-15(13)22)6-12(21)14(17)16(23)26-7-9-2-4-10(5-3-9)19(24)25/h2-5,11,13,17H,6-7H2,1H3,(H,18,22). The van der Waals surface area contributed by atoms with Crippen LogP contribution >= 0.6 is 0 Å². The summed E-state index contributed by atoms with van der Waals surface area (Å²) in [6.07, 6.45) is -0.346. The summed E-state index contributed by atoms with van der Waals surface area (Å²) in [6.45, 7) is 0.966. The molecule has 1 aromatic carbocycles. The summed E-state index contributed by atoms with van der Waals surface area (Å²) in [4.78, 5) is 56.2. The molecule has 26 heavy (non-hydrogen) atoms. The number of Topliss-reactive ketones (excluding diaryl/α,β-unsaturated/α-hetero) is 2. The molecule has 10 nitrogen and oxygen atoms in total. The molecule has 1 aliphatic heterocycles. The quantitative estimate of drug-likeness (QED) is 0.169. The van der Waals surface area contributed by atoms with Crippen molar-refractivity contribution in [3.05, 3.63) is 39.9 Å². The van der Waals surface area contributed by atoms with E-state index in [0.717, 1.165) is 0 Å². The van der Waals surface area contributed by atoms with Gasteiger partial charge in [0.1, 0.15) is 18.3 Å². The van der Waals surface area contributed by atoms with Gasteiger partial charge in [-0.2, -0.15) is 0 Å². The number of ketones is 2. The average molecular weight is 361 g/mol. The molecule has 1 fully saturated rings. The number of benzene rings is 1. The van der Waals surface area contributed by atoms with Gasteiger partial charge in [0.15, 0.2) is 11.5 Å². The van der Waals surface area contributed by atoms with Crippen LogP contribution in [-0.2, 0) is 30.5 Å². The van der Waals surface area contributed by atoms with Crippen LogP contribution in [0.3, 0.4) is 0 Å². The van der Waals surface area contributed by atoms with Crippen LogP contribution in [0.1, 0.15) is 18.9 Å². The lowest BCUT2D eigenvalue weighted by atomic mass is 9.83. The van der Waals surface area contributed by atoms with Crippen LogP contribution < -0.4 is 5.32 Å². The molecule has 2 atom stereocenters. The van der Waals surface area contributed by atoms with Gasteiger partial charge in [0.05, 0.1) is 11.0 Å².